The van der Waals surface area contributed by atoms with Gasteiger partial charge in [-0.1, -0.05) is 36.0 Å². The quantitative estimate of drug-likeness (QED) is 0.410. The van der Waals surface area contributed by atoms with Crippen molar-refractivity contribution in [2.45, 2.75) is 0 Å². The van der Waals surface area contributed by atoms with Gasteiger partial charge < -0.3 is 4.42 Å². The highest BCUT2D eigenvalue weighted by atomic mass is 35.5. The Balaban J connectivity index is 2.61. The normalized spacial score (nSPS) is 11.1. The van der Waals surface area contributed by atoms with E-state index in [0.717, 1.165) is 26.4 Å². The van der Waals surface area contributed by atoms with E-state index in [-0.39, 0.29) is 0 Å². The van der Waals surface area contributed by atoms with E-state index in [1.54, 1.807) is 6.07 Å². The second kappa shape index (κ2) is 3.58. The third-order valence-corrected chi connectivity index (χ3v) is 3.21. The molecule has 0 atom stereocenters. The summed E-state index contributed by atoms with van der Waals surface area (Å²) in [5.41, 5.74) is 1.58. The molecule has 3 heteroatoms. The topological polar surface area (TPSA) is 13.1 Å². The molecule has 0 saturated heterocycles. The lowest BCUT2D eigenvalue weighted by Crippen LogP contribution is -1.78. The molecule has 0 spiro atoms. The average Bonchev–Trinajstić information content (AvgIpc) is 2.31. The maximum atomic E-state index is 5.95. The molecule has 0 amide bonds. The van der Waals surface area contributed by atoms with Crippen LogP contribution in [0.2, 0.25) is 5.02 Å². The van der Waals surface area contributed by atoms with Gasteiger partial charge in [0.15, 0.2) is 0 Å². The van der Waals surface area contributed by atoms with Gasteiger partial charge in [-0.2, -0.15) is 0 Å². The van der Waals surface area contributed by atoms with Gasteiger partial charge in [-0.05, 0) is 30.3 Å². The predicted molar refractivity (Wildman–Crippen MR) is 69.6 cm³/mol. The van der Waals surface area contributed by atoms with Crippen LogP contribution < -0.4 is 0 Å². The number of benzene rings is 2. The SMILES string of the molecule is S=c1c2ccccc2oc2ccc(Cl)cc12. The molecule has 3 rings (SSSR count). The van der Waals surface area contributed by atoms with E-state index in [9.17, 15) is 0 Å². The van der Waals surface area contributed by atoms with Crippen LogP contribution in [0.25, 0.3) is 21.9 Å². The van der Waals surface area contributed by atoms with Crippen molar-refractivity contribution in [2.75, 3.05) is 0 Å². The molecule has 0 saturated carbocycles. The first-order valence-corrected chi connectivity index (χ1v) is 5.65. The molecule has 1 heterocycles. The van der Waals surface area contributed by atoms with Gasteiger partial charge in [0.2, 0.25) is 0 Å². The monoisotopic (exact) mass is 246 g/mol. The minimum atomic E-state index is 0.670. The van der Waals surface area contributed by atoms with Crippen molar-refractivity contribution in [2.24, 2.45) is 0 Å². The van der Waals surface area contributed by atoms with E-state index in [1.807, 2.05) is 36.4 Å². The molecule has 0 aliphatic rings. The van der Waals surface area contributed by atoms with Gasteiger partial charge in [-0.3, -0.25) is 0 Å². The lowest BCUT2D eigenvalue weighted by atomic mass is 10.1. The van der Waals surface area contributed by atoms with E-state index in [0.29, 0.717) is 5.02 Å². The molecular weight excluding hydrogens is 240 g/mol. The fourth-order valence-corrected chi connectivity index (χ4v) is 2.28. The van der Waals surface area contributed by atoms with Gasteiger partial charge in [-0.25, -0.2) is 0 Å². The van der Waals surface area contributed by atoms with Gasteiger partial charge in [0.05, 0.1) is 4.51 Å². The first-order valence-electron chi connectivity index (χ1n) is 4.87. The summed E-state index contributed by atoms with van der Waals surface area (Å²) in [6.45, 7) is 0. The van der Waals surface area contributed by atoms with E-state index in [1.165, 1.54) is 0 Å². The lowest BCUT2D eigenvalue weighted by molar-refractivity contribution is 0.660. The highest BCUT2D eigenvalue weighted by molar-refractivity contribution is 7.72. The zero-order valence-corrected chi connectivity index (χ0v) is 9.81. The van der Waals surface area contributed by atoms with Gasteiger partial charge in [0.25, 0.3) is 0 Å². The summed E-state index contributed by atoms with van der Waals surface area (Å²) in [6.07, 6.45) is 0. The van der Waals surface area contributed by atoms with Crippen LogP contribution in [0.15, 0.2) is 46.9 Å². The number of hydrogen-bond acceptors (Lipinski definition) is 2. The summed E-state index contributed by atoms with van der Waals surface area (Å²) in [5.74, 6) is 0. The Bertz CT molecular complexity index is 746. The number of fused-ring (bicyclic) bond motifs is 2. The molecule has 78 valence electrons. The maximum Gasteiger partial charge on any atom is 0.136 e. The molecule has 0 aliphatic heterocycles. The number of halogens is 1. The second-order valence-corrected chi connectivity index (χ2v) is 4.41. The molecule has 0 aliphatic carbocycles. The van der Waals surface area contributed by atoms with E-state index < -0.39 is 0 Å². The zero-order chi connectivity index (χ0) is 11.1. The fraction of sp³-hybridized carbons (Fsp3) is 0. The number of para-hydroxylation sites is 1. The van der Waals surface area contributed by atoms with Crippen LogP contribution in [0.3, 0.4) is 0 Å². The Morgan fingerprint density at radius 2 is 1.69 bits per heavy atom. The molecule has 0 unspecified atom stereocenters. The standard InChI is InChI=1S/C13H7ClOS/c14-8-5-6-12-10(7-8)13(16)9-3-1-2-4-11(9)15-12/h1-7H. The van der Waals surface area contributed by atoms with Crippen LogP contribution in [-0.4, -0.2) is 0 Å². The van der Waals surface area contributed by atoms with Crippen molar-refractivity contribution in [3.05, 3.63) is 52.0 Å². The molecule has 0 fully saturated rings. The van der Waals surface area contributed by atoms with Crippen LogP contribution in [-0.2, 0) is 0 Å². The van der Waals surface area contributed by atoms with Crippen LogP contribution in [0.5, 0.6) is 0 Å². The summed E-state index contributed by atoms with van der Waals surface area (Å²) in [7, 11) is 0. The molecule has 1 aromatic heterocycles. The third kappa shape index (κ3) is 1.42. The van der Waals surface area contributed by atoms with Gasteiger partial charge >= 0.3 is 0 Å². The van der Waals surface area contributed by atoms with Crippen molar-refractivity contribution < 1.29 is 4.42 Å². The number of rotatable bonds is 0. The van der Waals surface area contributed by atoms with Gasteiger partial charge in [0.1, 0.15) is 11.2 Å². The molecule has 0 N–H and O–H groups in total. The zero-order valence-electron chi connectivity index (χ0n) is 8.24. The molecular formula is C13H7ClOS. The van der Waals surface area contributed by atoms with Crippen LogP contribution in [0.4, 0.5) is 0 Å². The highest BCUT2D eigenvalue weighted by Gasteiger charge is 2.04. The highest BCUT2D eigenvalue weighted by Crippen LogP contribution is 2.27. The predicted octanol–water partition coefficient (Wildman–Crippen LogP) is 4.97. The van der Waals surface area contributed by atoms with Crippen molar-refractivity contribution in [3.63, 3.8) is 0 Å². The second-order valence-electron chi connectivity index (χ2n) is 3.57. The fourth-order valence-electron chi connectivity index (χ4n) is 1.78. The number of hydrogen-bond donors (Lipinski definition) is 0. The van der Waals surface area contributed by atoms with E-state index in [4.69, 9.17) is 28.2 Å². The van der Waals surface area contributed by atoms with Crippen LogP contribution in [0, 0.1) is 4.51 Å². The first-order chi connectivity index (χ1) is 7.75. The third-order valence-electron chi connectivity index (χ3n) is 2.54. The Labute approximate surface area is 102 Å². The van der Waals surface area contributed by atoms with Crippen molar-refractivity contribution in [1.82, 2.24) is 0 Å². The Hall–Kier alpha value is -1.38. The van der Waals surface area contributed by atoms with E-state index >= 15 is 0 Å². The van der Waals surface area contributed by atoms with Gasteiger partial charge in [-0.15, -0.1) is 0 Å². The Kier molecular flexibility index (Phi) is 2.20. The summed E-state index contributed by atoms with van der Waals surface area (Å²) in [5, 5.41) is 2.51. The van der Waals surface area contributed by atoms with E-state index in [2.05, 4.69) is 0 Å². The summed E-state index contributed by atoms with van der Waals surface area (Å²) in [4.78, 5) is 0. The Morgan fingerprint density at radius 1 is 0.938 bits per heavy atom. The molecule has 16 heavy (non-hydrogen) atoms. The van der Waals surface area contributed by atoms with Gasteiger partial charge in [0, 0.05) is 15.8 Å². The van der Waals surface area contributed by atoms with Crippen LogP contribution >= 0.6 is 23.8 Å². The molecule has 2 aromatic carbocycles. The largest absolute Gasteiger partial charge is 0.456 e. The Morgan fingerprint density at radius 3 is 2.56 bits per heavy atom. The van der Waals surface area contributed by atoms with Crippen molar-refractivity contribution >= 4 is 45.8 Å². The molecule has 1 nitrogen and oxygen atoms in total. The first kappa shape index (κ1) is 9.82. The summed E-state index contributed by atoms with van der Waals surface area (Å²) < 4.78 is 6.55. The minimum Gasteiger partial charge on any atom is -0.456 e. The molecule has 0 radical (unpaired) electrons. The summed E-state index contributed by atoms with van der Waals surface area (Å²) >= 11 is 11.4. The minimum absolute atomic E-state index is 0.670. The average molecular weight is 247 g/mol. The van der Waals surface area contributed by atoms with Crippen molar-refractivity contribution in [1.29, 1.82) is 0 Å². The molecule has 3 aromatic rings. The van der Waals surface area contributed by atoms with Crippen molar-refractivity contribution in [3.8, 4) is 0 Å². The van der Waals surface area contributed by atoms with Crippen LogP contribution in [0.1, 0.15) is 0 Å². The smallest absolute Gasteiger partial charge is 0.136 e. The lowest BCUT2D eigenvalue weighted by Gasteiger charge is -2.02. The molecule has 0 bridgehead atoms. The summed E-state index contributed by atoms with van der Waals surface area (Å²) in [6, 6.07) is 13.2. The maximum absolute atomic E-state index is 5.95.